The summed E-state index contributed by atoms with van der Waals surface area (Å²) in [5.41, 5.74) is 1.55. The van der Waals surface area contributed by atoms with E-state index < -0.39 is 0 Å². The van der Waals surface area contributed by atoms with Crippen LogP contribution in [0.15, 0.2) is 12.3 Å². The SMILES string of the molecule is Cc1cc(NC(=O)C(C)C(C)C)cnc1Cl. The summed E-state index contributed by atoms with van der Waals surface area (Å²) in [6.07, 6.45) is 1.57. The van der Waals surface area contributed by atoms with Crippen molar-refractivity contribution in [2.24, 2.45) is 11.8 Å². The van der Waals surface area contributed by atoms with Gasteiger partial charge < -0.3 is 5.32 Å². The second kappa shape index (κ2) is 5.30. The Morgan fingerprint density at radius 1 is 1.44 bits per heavy atom. The molecule has 88 valence electrons. The number of nitrogens with zero attached hydrogens (tertiary/aromatic N) is 1. The molecule has 0 fully saturated rings. The topological polar surface area (TPSA) is 42.0 Å². The molecule has 0 bridgehead atoms. The lowest BCUT2D eigenvalue weighted by atomic mass is 9.97. The maximum absolute atomic E-state index is 11.8. The Labute approximate surface area is 101 Å². The number of carbonyl (C=O) groups excluding carboxylic acids is 1. The maximum atomic E-state index is 11.8. The second-order valence-corrected chi connectivity index (χ2v) is 4.71. The number of aromatic nitrogens is 1. The van der Waals surface area contributed by atoms with Crippen molar-refractivity contribution in [2.45, 2.75) is 27.7 Å². The third kappa shape index (κ3) is 3.20. The van der Waals surface area contributed by atoms with Crippen LogP contribution in [0.25, 0.3) is 0 Å². The molecule has 16 heavy (non-hydrogen) atoms. The second-order valence-electron chi connectivity index (χ2n) is 4.35. The highest BCUT2D eigenvalue weighted by atomic mass is 35.5. The van der Waals surface area contributed by atoms with Crippen LogP contribution in [0.5, 0.6) is 0 Å². The number of rotatable bonds is 3. The third-order valence-corrected chi connectivity index (χ3v) is 3.09. The number of hydrogen-bond acceptors (Lipinski definition) is 2. The molecule has 0 spiro atoms. The van der Waals surface area contributed by atoms with Crippen molar-refractivity contribution in [3.05, 3.63) is 23.0 Å². The zero-order valence-electron chi connectivity index (χ0n) is 10.0. The van der Waals surface area contributed by atoms with Gasteiger partial charge >= 0.3 is 0 Å². The predicted molar refractivity (Wildman–Crippen MR) is 66.6 cm³/mol. The monoisotopic (exact) mass is 240 g/mol. The Morgan fingerprint density at radius 3 is 2.56 bits per heavy atom. The van der Waals surface area contributed by atoms with Gasteiger partial charge in [-0.1, -0.05) is 32.4 Å². The van der Waals surface area contributed by atoms with Gasteiger partial charge in [0, 0.05) is 5.92 Å². The molecule has 1 unspecified atom stereocenters. The molecule has 0 saturated heterocycles. The van der Waals surface area contributed by atoms with Gasteiger partial charge in [0.05, 0.1) is 11.9 Å². The molecule has 0 aliphatic carbocycles. The van der Waals surface area contributed by atoms with Gasteiger partial charge in [0.2, 0.25) is 5.91 Å². The fourth-order valence-electron chi connectivity index (χ4n) is 1.19. The number of hydrogen-bond donors (Lipinski definition) is 1. The van der Waals surface area contributed by atoms with E-state index in [0.29, 0.717) is 16.8 Å². The van der Waals surface area contributed by atoms with E-state index in [4.69, 9.17) is 11.6 Å². The average Bonchev–Trinajstić information content (AvgIpc) is 2.22. The molecule has 0 aliphatic heterocycles. The van der Waals surface area contributed by atoms with Gasteiger partial charge in [-0.25, -0.2) is 4.98 Å². The smallest absolute Gasteiger partial charge is 0.227 e. The van der Waals surface area contributed by atoms with Gasteiger partial charge in [0.1, 0.15) is 5.15 Å². The molecule has 1 rings (SSSR count). The lowest BCUT2D eigenvalue weighted by Crippen LogP contribution is -2.24. The van der Waals surface area contributed by atoms with Crippen molar-refractivity contribution in [2.75, 3.05) is 5.32 Å². The first-order chi connectivity index (χ1) is 7.41. The highest BCUT2D eigenvalue weighted by molar-refractivity contribution is 6.30. The molecule has 1 N–H and O–H groups in total. The van der Waals surface area contributed by atoms with Gasteiger partial charge in [0.25, 0.3) is 0 Å². The normalized spacial score (nSPS) is 12.6. The fourth-order valence-corrected chi connectivity index (χ4v) is 1.29. The fraction of sp³-hybridized carbons (Fsp3) is 0.500. The Hall–Kier alpha value is -1.09. The van der Waals surface area contributed by atoms with Crippen LogP contribution in [-0.4, -0.2) is 10.9 Å². The van der Waals surface area contributed by atoms with E-state index in [0.717, 1.165) is 5.56 Å². The largest absolute Gasteiger partial charge is 0.324 e. The Balaban J connectivity index is 2.74. The number of halogens is 1. The summed E-state index contributed by atoms with van der Waals surface area (Å²) in [7, 11) is 0. The van der Waals surface area contributed by atoms with E-state index in [2.05, 4.69) is 10.3 Å². The lowest BCUT2D eigenvalue weighted by molar-refractivity contribution is -0.120. The summed E-state index contributed by atoms with van der Waals surface area (Å²) >= 11 is 5.81. The van der Waals surface area contributed by atoms with Gasteiger partial charge in [-0.05, 0) is 24.5 Å². The molecular weight excluding hydrogens is 224 g/mol. The number of pyridine rings is 1. The van der Waals surface area contributed by atoms with Crippen molar-refractivity contribution < 1.29 is 4.79 Å². The highest BCUT2D eigenvalue weighted by Gasteiger charge is 2.16. The highest BCUT2D eigenvalue weighted by Crippen LogP contribution is 2.18. The van der Waals surface area contributed by atoms with E-state index in [9.17, 15) is 4.79 Å². The van der Waals surface area contributed by atoms with Gasteiger partial charge in [-0.3, -0.25) is 4.79 Å². The standard InChI is InChI=1S/C12H17ClN2O/c1-7(2)9(4)12(16)15-10-5-8(3)11(13)14-6-10/h5-7,9H,1-4H3,(H,15,16). The average molecular weight is 241 g/mol. The van der Waals surface area contributed by atoms with Crippen LogP contribution in [-0.2, 0) is 4.79 Å². The minimum absolute atomic E-state index is 0.0125. The molecule has 0 aromatic carbocycles. The predicted octanol–water partition coefficient (Wildman–Crippen LogP) is 3.27. The van der Waals surface area contributed by atoms with E-state index in [1.54, 1.807) is 6.20 Å². The van der Waals surface area contributed by atoms with E-state index in [1.807, 2.05) is 33.8 Å². The van der Waals surface area contributed by atoms with Crippen molar-refractivity contribution in [3.8, 4) is 0 Å². The number of anilines is 1. The molecule has 1 atom stereocenters. The number of carbonyl (C=O) groups is 1. The zero-order chi connectivity index (χ0) is 12.3. The van der Waals surface area contributed by atoms with Gasteiger partial charge in [-0.15, -0.1) is 0 Å². The molecule has 0 radical (unpaired) electrons. The lowest BCUT2D eigenvalue weighted by Gasteiger charge is -2.15. The van der Waals surface area contributed by atoms with Crippen molar-refractivity contribution in [1.82, 2.24) is 4.98 Å². The van der Waals surface area contributed by atoms with Crippen LogP contribution in [0.2, 0.25) is 5.15 Å². The molecular formula is C12H17ClN2O. The summed E-state index contributed by atoms with van der Waals surface area (Å²) in [5.74, 6) is 0.316. The van der Waals surface area contributed by atoms with Crippen LogP contribution in [0.1, 0.15) is 26.3 Å². The van der Waals surface area contributed by atoms with Crippen LogP contribution >= 0.6 is 11.6 Å². The number of aryl methyl sites for hydroxylation is 1. The van der Waals surface area contributed by atoms with E-state index in [-0.39, 0.29) is 11.8 Å². The Morgan fingerprint density at radius 2 is 2.06 bits per heavy atom. The molecule has 0 aliphatic rings. The molecule has 1 heterocycles. The third-order valence-electron chi connectivity index (χ3n) is 2.70. The molecule has 4 heteroatoms. The first-order valence-corrected chi connectivity index (χ1v) is 5.72. The molecule has 0 saturated carbocycles. The summed E-state index contributed by atoms with van der Waals surface area (Å²) in [6.45, 7) is 7.82. The first-order valence-electron chi connectivity index (χ1n) is 5.34. The maximum Gasteiger partial charge on any atom is 0.227 e. The quantitative estimate of drug-likeness (QED) is 0.824. The Bertz CT molecular complexity index is 391. The van der Waals surface area contributed by atoms with Crippen molar-refractivity contribution in [3.63, 3.8) is 0 Å². The zero-order valence-corrected chi connectivity index (χ0v) is 10.8. The minimum atomic E-state index is -0.0176. The summed E-state index contributed by atoms with van der Waals surface area (Å²) in [6, 6.07) is 1.82. The van der Waals surface area contributed by atoms with E-state index in [1.165, 1.54) is 0 Å². The van der Waals surface area contributed by atoms with Crippen LogP contribution in [0.3, 0.4) is 0 Å². The number of amides is 1. The van der Waals surface area contributed by atoms with Crippen LogP contribution in [0, 0.1) is 18.8 Å². The molecule has 1 aromatic heterocycles. The summed E-state index contributed by atoms with van der Waals surface area (Å²) in [4.78, 5) is 15.8. The van der Waals surface area contributed by atoms with Gasteiger partial charge in [-0.2, -0.15) is 0 Å². The van der Waals surface area contributed by atoms with Crippen molar-refractivity contribution in [1.29, 1.82) is 0 Å². The molecule has 1 aromatic rings. The first kappa shape index (κ1) is 13.0. The number of nitrogens with one attached hydrogen (secondary N) is 1. The van der Waals surface area contributed by atoms with Crippen LogP contribution < -0.4 is 5.32 Å². The molecule has 3 nitrogen and oxygen atoms in total. The van der Waals surface area contributed by atoms with E-state index >= 15 is 0 Å². The van der Waals surface area contributed by atoms with Crippen LogP contribution in [0.4, 0.5) is 5.69 Å². The summed E-state index contributed by atoms with van der Waals surface area (Å²) in [5, 5.41) is 3.30. The Kier molecular flexibility index (Phi) is 4.30. The minimum Gasteiger partial charge on any atom is -0.324 e. The van der Waals surface area contributed by atoms with Crippen molar-refractivity contribution >= 4 is 23.2 Å². The molecule has 1 amide bonds. The summed E-state index contributed by atoms with van der Waals surface area (Å²) < 4.78 is 0. The van der Waals surface area contributed by atoms with Gasteiger partial charge in [0.15, 0.2) is 0 Å².